The third kappa shape index (κ3) is 1.68. The van der Waals surface area contributed by atoms with Crippen molar-refractivity contribution >= 4 is 28.3 Å². The maximum atomic E-state index is 11.0. The van der Waals surface area contributed by atoms with Crippen LogP contribution >= 0.6 is 11.3 Å². The molecule has 3 aromatic rings. The van der Waals surface area contributed by atoms with E-state index < -0.39 is 5.91 Å². The van der Waals surface area contributed by atoms with Gasteiger partial charge in [0.05, 0.1) is 5.69 Å². The number of benzene rings is 1. The fourth-order valence-corrected chi connectivity index (χ4v) is 2.21. The summed E-state index contributed by atoms with van der Waals surface area (Å²) in [6.07, 6.45) is 1.39. The molecule has 0 bridgehead atoms. The minimum atomic E-state index is -0.512. The van der Waals surface area contributed by atoms with E-state index in [-0.39, 0.29) is 0 Å². The van der Waals surface area contributed by atoms with Gasteiger partial charge in [0, 0.05) is 10.9 Å². The SMILES string of the molecule is NC(=O)c1nc(-c2ccc3ncoc3c2)cs1. The number of carbonyl (C=O) groups is 1. The lowest BCUT2D eigenvalue weighted by Crippen LogP contribution is -2.10. The topological polar surface area (TPSA) is 82.0 Å². The van der Waals surface area contributed by atoms with E-state index in [9.17, 15) is 4.79 Å². The average molecular weight is 245 g/mol. The zero-order valence-corrected chi connectivity index (χ0v) is 9.40. The van der Waals surface area contributed by atoms with Crippen molar-refractivity contribution in [1.82, 2.24) is 9.97 Å². The molecule has 0 aliphatic rings. The van der Waals surface area contributed by atoms with Crippen LogP contribution in [0.15, 0.2) is 34.4 Å². The molecule has 5 nitrogen and oxygen atoms in total. The van der Waals surface area contributed by atoms with E-state index in [2.05, 4.69) is 9.97 Å². The van der Waals surface area contributed by atoms with Crippen LogP contribution in [0.3, 0.4) is 0 Å². The number of thiazole rings is 1. The molecule has 2 aromatic heterocycles. The molecule has 0 saturated carbocycles. The summed E-state index contributed by atoms with van der Waals surface area (Å²) in [6.45, 7) is 0. The van der Waals surface area contributed by atoms with Crippen molar-refractivity contribution in [2.24, 2.45) is 5.73 Å². The molecule has 0 fully saturated rings. The molecule has 1 aromatic carbocycles. The van der Waals surface area contributed by atoms with E-state index in [1.807, 2.05) is 18.2 Å². The lowest BCUT2D eigenvalue weighted by Gasteiger charge is -1.95. The van der Waals surface area contributed by atoms with Crippen LogP contribution in [-0.2, 0) is 0 Å². The molecule has 0 atom stereocenters. The third-order valence-corrected chi connectivity index (χ3v) is 3.20. The molecule has 84 valence electrons. The second-order valence-corrected chi connectivity index (χ2v) is 4.30. The Labute approximate surface area is 99.9 Å². The highest BCUT2D eigenvalue weighted by atomic mass is 32.1. The van der Waals surface area contributed by atoms with Crippen LogP contribution in [-0.4, -0.2) is 15.9 Å². The largest absolute Gasteiger partial charge is 0.443 e. The first-order chi connectivity index (χ1) is 8.24. The molecule has 6 heteroatoms. The first kappa shape index (κ1) is 9.98. The Morgan fingerprint density at radius 2 is 2.29 bits per heavy atom. The molecule has 0 spiro atoms. The quantitative estimate of drug-likeness (QED) is 0.749. The second-order valence-electron chi connectivity index (χ2n) is 3.44. The monoisotopic (exact) mass is 245 g/mol. The average Bonchev–Trinajstić information content (AvgIpc) is 2.97. The lowest BCUT2D eigenvalue weighted by atomic mass is 10.1. The number of hydrogen-bond acceptors (Lipinski definition) is 5. The van der Waals surface area contributed by atoms with Crippen molar-refractivity contribution in [1.29, 1.82) is 0 Å². The van der Waals surface area contributed by atoms with E-state index in [0.717, 1.165) is 11.1 Å². The van der Waals surface area contributed by atoms with Gasteiger partial charge >= 0.3 is 0 Å². The fraction of sp³-hybridized carbons (Fsp3) is 0. The molecule has 0 unspecified atom stereocenters. The summed E-state index contributed by atoms with van der Waals surface area (Å²) in [6, 6.07) is 5.56. The Kier molecular flexibility index (Phi) is 2.15. The van der Waals surface area contributed by atoms with Gasteiger partial charge in [-0.2, -0.15) is 0 Å². The number of oxazole rings is 1. The number of carbonyl (C=O) groups excluding carboxylic acids is 1. The summed E-state index contributed by atoms with van der Waals surface area (Å²) in [4.78, 5) is 19.1. The smallest absolute Gasteiger partial charge is 0.277 e. The molecule has 3 rings (SSSR count). The highest BCUT2D eigenvalue weighted by molar-refractivity contribution is 7.12. The summed E-state index contributed by atoms with van der Waals surface area (Å²) in [7, 11) is 0. The lowest BCUT2D eigenvalue weighted by molar-refractivity contribution is 0.1000. The van der Waals surface area contributed by atoms with Gasteiger partial charge in [0.15, 0.2) is 17.0 Å². The number of primary amides is 1. The van der Waals surface area contributed by atoms with Crippen LogP contribution in [0.5, 0.6) is 0 Å². The van der Waals surface area contributed by atoms with Gasteiger partial charge in [-0.25, -0.2) is 9.97 Å². The van der Waals surface area contributed by atoms with Crippen molar-refractivity contribution in [2.45, 2.75) is 0 Å². The summed E-state index contributed by atoms with van der Waals surface area (Å²) >= 11 is 1.23. The van der Waals surface area contributed by atoms with Crippen molar-refractivity contribution in [3.8, 4) is 11.3 Å². The van der Waals surface area contributed by atoms with Gasteiger partial charge < -0.3 is 10.2 Å². The Morgan fingerprint density at radius 3 is 3.06 bits per heavy atom. The van der Waals surface area contributed by atoms with Crippen LogP contribution in [0.2, 0.25) is 0 Å². The van der Waals surface area contributed by atoms with Crippen molar-refractivity contribution in [2.75, 3.05) is 0 Å². The minimum absolute atomic E-state index is 0.303. The standard InChI is InChI=1S/C11H7N3O2S/c12-10(15)11-14-8(4-17-11)6-1-2-7-9(3-6)16-5-13-7/h1-5H,(H2,12,15). The van der Waals surface area contributed by atoms with Crippen LogP contribution in [0.4, 0.5) is 0 Å². The molecule has 0 saturated heterocycles. The summed E-state index contributed by atoms with van der Waals surface area (Å²) in [5.74, 6) is -0.512. The van der Waals surface area contributed by atoms with Gasteiger partial charge in [-0.3, -0.25) is 4.79 Å². The van der Waals surface area contributed by atoms with Gasteiger partial charge in [-0.15, -0.1) is 11.3 Å². The summed E-state index contributed by atoms with van der Waals surface area (Å²) in [5.41, 5.74) is 8.22. The maximum Gasteiger partial charge on any atom is 0.277 e. The Morgan fingerprint density at radius 1 is 1.41 bits per heavy atom. The van der Waals surface area contributed by atoms with Crippen LogP contribution in [0, 0.1) is 0 Å². The Balaban J connectivity index is 2.09. The van der Waals surface area contributed by atoms with E-state index in [1.165, 1.54) is 17.7 Å². The summed E-state index contributed by atoms with van der Waals surface area (Å²) < 4.78 is 5.21. The number of aromatic nitrogens is 2. The molecule has 2 heterocycles. The minimum Gasteiger partial charge on any atom is -0.443 e. The third-order valence-electron chi connectivity index (χ3n) is 2.34. The zero-order valence-electron chi connectivity index (χ0n) is 8.58. The van der Waals surface area contributed by atoms with E-state index >= 15 is 0 Å². The number of nitrogens with zero attached hydrogens (tertiary/aromatic N) is 2. The number of nitrogens with two attached hydrogens (primary N) is 1. The maximum absolute atomic E-state index is 11.0. The normalized spacial score (nSPS) is 10.8. The number of amides is 1. The summed E-state index contributed by atoms with van der Waals surface area (Å²) in [5, 5.41) is 2.09. The number of hydrogen-bond donors (Lipinski definition) is 1. The molecular formula is C11H7N3O2S. The van der Waals surface area contributed by atoms with Gasteiger partial charge in [-0.05, 0) is 12.1 Å². The van der Waals surface area contributed by atoms with E-state index in [0.29, 0.717) is 16.3 Å². The zero-order chi connectivity index (χ0) is 11.8. The van der Waals surface area contributed by atoms with E-state index in [4.69, 9.17) is 10.2 Å². The highest BCUT2D eigenvalue weighted by Crippen LogP contribution is 2.25. The van der Waals surface area contributed by atoms with Crippen molar-refractivity contribution < 1.29 is 9.21 Å². The second kappa shape index (κ2) is 3.67. The Hall–Kier alpha value is -2.21. The fourth-order valence-electron chi connectivity index (χ4n) is 1.53. The molecule has 1 amide bonds. The Bertz CT molecular complexity index is 701. The molecule has 0 aliphatic carbocycles. The van der Waals surface area contributed by atoms with Gasteiger partial charge in [0.2, 0.25) is 0 Å². The molecule has 2 N–H and O–H groups in total. The van der Waals surface area contributed by atoms with Crippen molar-refractivity contribution in [3.05, 3.63) is 35.0 Å². The van der Waals surface area contributed by atoms with Gasteiger partial charge in [0.25, 0.3) is 5.91 Å². The van der Waals surface area contributed by atoms with Gasteiger partial charge in [-0.1, -0.05) is 6.07 Å². The molecular weight excluding hydrogens is 238 g/mol. The first-order valence-electron chi connectivity index (χ1n) is 4.83. The first-order valence-corrected chi connectivity index (χ1v) is 5.71. The van der Waals surface area contributed by atoms with Gasteiger partial charge in [0.1, 0.15) is 5.52 Å². The highest BCUT2D eigenvalue weighted by Gasteiger charge is 2.09. The molecule has 17 heavy (non-hydrogen) atoms. The predicted octanol–water partition coefficient (Wildman–Crippen LogP) is 2.05. The molecule has 0 aliphatic heterocycles. The van der Waals surface area contributed by atoms with Crippen LogP contribution < -0.4 is 5.73 Å². The van der Waals surface area contributed by atoms with Crippen molar-refractivity contribution in [3.63, 3.8) is 0 Å². The number of rotatable bonds is 2. The number of fused-ring (bicyclic) bond motifs is 1. The van der Waals surface area contributed by atoms with E-state index in [1.54, 1.807) is 5.38 Å². The molecule has 0 radical (unpaired) electrons. The predicted molar refractivity (Wildman–Crippen MR) is 63.6 cm³/mol. The van der Waals surface area contributed by atoms with Crippen LogP contribution in [0.1, 0.15) is 9.80 Å². The van der Waals surface area contributed by atoms with Crippen LogP contribution in [0.25, 0.3) is 22.4 Å².